The van der Waals surface area contributed by atoms with Gasteiger partial charge in [0.25, 0.3) is 0 Å². The molecule has 5 rings (SSSR count). The molecule has 3 heterocycles. The molecule has 0 radical (unpaired) electrons. The number of aryl methyl sites for hydroxylation is 1. The second-order valence-corrected chi connectivity index (χ2v) is 7.05. The van der Waals surface area contributed by atoms with E-state index in [1.54, 1.807) is 6.33 Å². The molecule has 1 atom stereocenters. The van der Waals surface area contributed by atoms with E-state index in [1.165, 1.54) is 42.5 Å². The fourth-order valence-corrected chi connectivity index (χ4v) is 4.27. The maximum Gasteiger partial charge on any atom is 0.161 e. The van der Waals surface area contributed by atoms with Gasteiger partial charge in [0, 0.05) is 18.2 Å². The molecule has 1 saturated carbocycles. The van der Waals surface area contributed by atoms with Crippen molar-refractivity contribution >= 4 is 16.7 Å². The van der Waals surface area contributed by atoms with Crippen LogP contribution in [0.2, 0.25) is 0 Å². The van der Waals surface area contributed by atoms with E-state index in [4.69, 9.17) is 0 Å². The average molecular weight is 319 g/mol. The summed E-state index contributed by atoms with van der Waals surface area (Å²) in [5, 5.41) is 9.29. The Morgan fingerprint density at radius 3 is 2.92 bits per heavy atom. The normalized spacial score (nSPS) is 20.5. The van der Waals surface area contributed by atoms with Gasteiger partial charge in [-0.3, -0.25) is 0 Å². The fraction of sp³-hybridized carbons (Fsp3) is 0.421. The molecule has 5 heteroatoms. The Morgan fingerprint density at radius 2 is 2.04 bits per heavy atom. The number of hydrogen-bond donors (Lipinski definition) is 1. The topological polar surface area (TPSA) is 55.6 Å². The molecule has 122 valence electrons. The van der Waals surface area contributed by atoms with Gasteiger partial charge in [-0.2, -0.15) is 5.10 Å². The van der Waals surface area contributed by atoms with Crippen molar-refractivity contribution in [1.29, 1.82) is 0 Å². The Labute approximate surface area is 141 Å². The van der Waals surface area contributed by atoms with Crippen molar-refractivity contribution in [3.8, 4) is 0 Å². The van der Waals surface area contributed by atoms with Gasteiger partial charge in [0.05, 0.1) is 23.3 Å². The van der Waals surface area contributed by atoms with E-state index in [0.717, 1.165) is 23.3 Å². The van der Waals surface area contributed by atoms with Crippen LogP contribution in [0.3, 0.4) is 0 Å². The van der Waals surface area contributed by atoms with Crippen molar-refractivity contribution in [3.63, 3.8) is 0 Å². The van der Waals surface area contributed by atoms with E-state index in [1.807, 2.05) is 6.20 Å². The highest BCUT2D eigenvalue weighted by molar-refractivity contribution is 5.79. The standard InChI is InChI=1S/C19H21N5/c1-12-6-7-17-14(8-12)15(9-20-17)18-16-10-23-24(13-4-2-3-5-13)19(16)22-11-21-18/h6-8,10-11,13,15,20H,2-5,9H2,1H3. The predicted molar refractivity (Wildman–Crippen MR) is 94.3 cm³/mol. The molecule has 1 fully saturated rings. The first kappa shape index (κ1) is 14.0. The van der Waals surface area contributed by atoms with Crippen LogP contribution in [-0.2, 0) is 0 Å². The van der Waals surface area contributed by atoms with Crippen molar-refractivity contribution in [2.24, 2.45) is 0 Å². The van der Waals surface area contributed by atoms with Crippen LogP contribution in [0.4, 0.5) is 5.69 Å². The third kappa shape index (κ3) is 2.04. The van der Waals surface area contributed by atoms with Crippen LogP contribution in [0, 0.1) is 6.92 Å². The lowest BCUT2D eigenvalue weighted by atomic mass is 9.95. The first-order valence-corrected chi connectivity index (χ1v) is 8.84. The smallest absolute Gasteiger partial charge is 0.161 e. The number of rotatable bonds is 2. The van der Waals surface area contributed by atoms with E-state index in [2.05, 4.69) is 50.2 Å². The zero-order valence-electron chi connectivity index (χ0n) is 13.9. The van der Waals surface area contributed by atoms with Gasteiger partial charge >= 0.3 is 0 Å². The maximum atomic E-state index is 4.68. The van der Waals surface area contributed by atoms with Crippen molar-refractivity contribution < 1.29 is 0 Å². The molecule has 1 aromatic carbocycles. The summed E-state index contributed by atoms with van der Waals surface area (Å²) in [6.45, 7) is 3.03. The molecule has 1 N–H and O–H groups in total. The molecule has 0 bridgehead atoms. The van der Waals surface area contributed by atoms with Gasteiger partial charge in [-0.05, 0) is 31.4 Å². The Balaban J connectivity index is 1.63. The third-order valence-corrected chi connectivity index (χ3v) is 5.50. The van der Waals surface area contributed by atoms with Crippen LogP contribution in [0.1, 0.15) is 54.5 Å². The van der Waals surface area contributed by atoms with Gasteiger partial charge < -0.3 is 5.32 Å². The highest BCUT2D eigenvalue weighted by Gasteiger charge is 2.28. The number of hydrogen-bond acceptors (Lipinski definition) is 4. The number of fused-ring (bicyclic) bond motifs is 2. The molecule has 5 nitrogen and oxygen atoms in total. The summed E-state index contributed by atoms with van der Waals surface area (Å²) in [5.74, 6) is 0.270. The van der Waals surface area contributed by atoms with Crippen LogP contribution >= 0.6 is 0 Å². The van der Waals surface area contributed by atoms with E-state index in [-0.39, 0.29) is 5.92 Å². The van der Waals surface area contributed by atoms with E-state index in [9.17, 15) is 0 Å². The van der Waals surface area contributed by atoms with E-state index >= 15 is 0 Å². The average Bonchev–Trinajstić information content (AvgIpc) is 3.32. The number of aromatic nitrogens is 4. The van der Waals surface area contributed by atoms with Crippen molar-refractivity contribution in [2.45, 2.75) is 44.6 Å². The minimum atomic E-state index is 0.270. The second-order valence-electron chi connectivity index (χ2n) is 7.05. The Bertz CT molecular complexity index is 907. The maximum absolute atomic E-state index is 4.68. The number of benzene rings is 1. The lowest BCUT2D eigenvalue weighted by molar-refractivity contribution is 0.478. The highest BCUT2D eigenvalue weighted by atomic mass is 15.3. The number of nitrogens with one attached hydrogen (secondary N) is 1. The van der Waals surface area contributed by atoms with Gasteiger partial charge in [0.2, 0.25) is 0 Å². The summed E-state index contributed by atoms with van der Waals surface area (Å²) in [5.41, 5.74) is 5.94. The van der Waals surface area contributed by atoms with E-state index < -0.39 is 0 Å². The summed E-state index contributed by atoms with van der Waals surface area (Å²) in [6, 6.07) is 7.10. The molecule has 1 aliphatic heterocycles. The molecule has 24 heavy (non-hydrogen) atoms. The molecule has 0 spiro atoms. The van der Waals surface area contributed by atoms with Crippen molar-refractivity contribution in [1.82, 2.24) is 19.7 Å². The zero-order chi connectivity index (χ0) is 16.1. The van der Waals surface area contributed by atoms with E-state index in [0.29, 0.717) is 6.04 Å². The molecule has 0 amide bonds. The van der Waals surface area contributed by atoms with Gasteiger partial charge in [-0.1, -0.05) is 30.5 Å². The minimum Gasteiger partial charge on any atom is -0.384 e. The summed E-state index contributed by atoms with van der Waals surface area (Å²) in [6.07, 6.45) is 8.69. The Morgan fingerprint density at radius 1 is 1.17 bits per heavy atom. The molecular formula is C19H21N5. The predicted octanol–water partition coefficient (Wildman–Crippen LogP) is 3.81. The number of nitrogens with zero attached hydrogens (tertiary/aromatic N) is 4. The van der Waals surface area contributed by atoms with Gasteiger partial charge in [0.15, 0.2) is 5.65 Å². The van der Waals surface area contributed by atoms with Crippen LogP contribution in [0.15, 0.2) is 30.7 Å². The lowest BCUT2D eigenvalue weighted by Crippen LogP contribution is -2.09. The van der Waals surface area contributed by atoms with Crippen LogP contribution in [-0.4, -0.2) is 26.3 Å². The quantitative estimate of drug-likeness (QED) is 0.780. The summed E-state index contributed by atoms with van der Waals surface area (Å²) >= 11 is 0. The van der Waals surface area contributed by atoms with Crippen molar-refractivity contribution in [2.75, 3.05) is 11.9 Å². The van der Waals surface area contributed by atoms with Gasteiger partial charge in [-0.25, -0.2) is 14.6 Å². The molecule has 1 aliphatic carbocycles. The SMILES string of the molecule is Cc1ccc2c(c1)C(c1ncnc3c1cnn3C1CCCC1)CN2. The lowest BCUT2D eigenvalue weighted by Gasteiger charge is -2.13. The highest BCUT2D eigenvalue weighted by Crippen LogP contribution is 2.39. The largest absolute Gasteiger partial charge is 0.384 e. The first-order valence-electron chi connectivity index (χ1n) is 8.84. The third-order valence-electron chi connectivity index (χ3n) is 5.50. The molecule has 0 saturated heterocycles. The van der Waals surface area contributed by atoms with Crippen LogP contribution < -0.4 is 5.32 Å². The molecule has 2 aromatic heterocycles. The van der Waals surface area contributed by atoms with Crippen LogP contribution in [0.25, 0.3) is 11.0 Å². The monoisotopic (exact) mass is 319 g/mol. The zero-order valence-corrected chi connectivity index (χ0v) is 13.9. The molecule has 1 unspecified atom stereocenters. The first-order chi connectivity index (χ1) is 11.8. The number of anilines is 1. The van der Waals surface area contributed by atoms with Crippen LogP contribution in [0.5, 0.6) is 0 Å². The molecule has 3 aromatic rings. The summed E-state index contributed by atoms with van der Waals surface area (Å²) in [7, 11) is 0. The summed E-state index contributed by atoms with van der Waals surface area (Å²) in [4.78, 5) is 9.21. The minimum absolute atomic E-state index is 0.270. The molecular weight excluding hydrogens is 298 g/mol. The van der Waals surface area contributed by atoms with Crippen molar-refractivity contribution in [3.05, 3.63) is 47.5 Å². The summed E-state index contributed by atoms with van der Waals surface area (Å²) < 4.78 is 2.13. The Hall–Kier alpha value is -2.43. The van der Waals surface area contributed by atoms with Gasteiger partial charge in [-0.15, -0.1) is 0 Å². The Kier molecular flexibility index (Phi) is 3.08. The van der Waals surface area contributed by atoms with Gasteiger partial charge in [0.1, 0.15) is 6.33 Å². The fourth-order valence-electron chi connectivity index (χ4n) is 4.27. The molecule has 2 aliphatic rings. The second kappa shape index (κ2) is 5.30.